The van der Waals surface area contributed by atoms with Gasteiger partial charge in [0.1, 0.15) is 6.10 Å². The molecule has 0 radical (unpaired) electrons. The molecular formula is C5H9NO2. The molecule has 1 saturated heterocycles. The second-order valence-electron chi connectivity index (χ2n) is 2.01. The average Bonchev–Trinajstić information content (AvgIpc) is 2.43. The molecule has 2 N–H and O–H groups in total. The minimum absolute atomic E-state index is 0.0185. The fraction of sp³-hybridized carbons (Fsp3) is 0.800. The standard InChI is InChI=1S/C5H9NO2/c1-3(6)5(7)4-2-8-4/h3-4H,2,6H2,1H3. The highest BCUT2D eigenvalue weighted by molar-refractivity contribution is 5.89. The fourth-order valence-corrected chi connectivity index (χ4v) is 0.506. The Morgan fingerprint density at radius 2 is 2.50 bits per heavy atom. The molecule has 1 heterocycles. The van der Waals surface area contributed by atoms with Gasteiger partial charge in [0.2, 0.25) is 0 Å². The Balaban J connectivity index is 2.33. The first-order valence-corrected chi connectivity index (χ1v) is 2.62. The van der Waals surface area contributed by atoms with E-state index in [1.54, 1.807) is 6.92 Å². The second-order valence-corrected chi connectivity index (χ2v) is 2.01. The van der Waals surface area contributed by atoms with Crippen LogP contribution in [0, 0.1) is 0 Å². The number of ether oxygens (including phenoxy) is 1. The highest BCUT2D eigenvalue weighted by Crippen LogP contribution is 2.10. The average molecular weight is 115 g/mol. The zero-order chi connectivity index (χ0) is 6.15. The zero-order valence-corrected chi connectivity index (χ0v) is 4.76. The lowest BCUT2D eigenvalue weighted by molar-refractivity contribution is -0.121. The van der Waals surface area contributed by atoms with Crippen LogP contribution in [-0.2, 0) is 9.53 Å². The Morgan fingerprint density at radius 3 is 2.62 bits per heavy atom. The van der Waals surface area contributed by atoms with Crippen LogP contribution in [0.3, 0.4) is 0 Å². The lowest BCUT2D eigenvalue weighted by Gasteiger charge is -1.96. The van der Waals surface area contributed by atoms with Crippen LogP contribution in [0.1, 0.15) is 6.92 Å². The van der Waals surface area contributed by atoms with E-state index in [0.29, 0.717) is 6.61 Å². The molecule has 1 aliphatic heterocycles. The van der Waals surface area contributed by atoms with Crippen LogP contribution in [0.5, 0.6) is 0 Å². The quantitative estimate of drug-likeness (QED) is 0.484. The van der Waals surface area contributed by atoms with Gasteiger partial charge in [0.05, 0.1) is 12.6 Å². The largest absolute Gasteiger partial charge is 0.365 e. The maximum atomic E-state index is 10.7. The first-order chi connectivity index (χ1) is 3.72. The molecule has 46 valence electrons. The van der Waals surface area contributed by atoms with Crippen molar-refractivity contribution in [3.8, 4) is 0 Å². The minimum atomic E-state index is -0.359. The third kappa shape index (κ3) is 1.05. The number of carbonyl (C=O) groups excluding carboxylic acids is 1. The Kier molecular flexibility index (Phi) is 1.31. The number of hydrogen-bond acceptors (Lipinski definition) is 3. The maximum Gasteiger partial charge on any atom is 0.180 e. The van der Waals surface area contributed by atoms with Gasteiger partial charge in [-0.25, -0.2) is 0 Å². The van der Waals surface area contributed by atoms with E-state index in [1.807, 2.05) is 0 Å². The van der Waals surface area contributed by atoms with Crippen LogP contribution in [0.15, 0.2) is 0 Å². The summed E-state index contributed by atoms with van der Waals surface area (Å²) < 4.78 is 4.70. The molecule has 3 heteroatoms. The molecule has 0 saturated carbocycles. The van der Waals surface area contributed by atoms with Crippen molar-refractivity contribution in [3.63, 3.8) is 0 Å². The summed E-state index contributed by atoms with van der Waals surface area (Å²) in [6, 6.07) is -0.359. The van der Waals surface area contributed by atoms with Crippen molar-refractivity contribution >= 4 is 5.78 Å². The van der Waals surface area contributed by atoms with Crippen LogP contribution >= 0.6 is 0 Å². The van der Waals surface area contributed by atoms with Crippen molar-refractivity contribution in [2.75, 3.05) is 6.61 Å². The van der Waals surface area contributed by atoms with E-state index < -0.39 is 0 Å². The molecule has 0 aromatic heterocycles. The zero-order valence-electron chi connectivity index (χ0n) is 4.76. The van der Waals surface area contributed by atoms with E-state index >= 15 is 0 Å². The summed E-state index contributed by atoms with van der Waals surface area (Å²) >= 11 is 0. The van der Waals surface area contributed by atoms with Gasteiger partial charge in [-0.05, 0) is 6.92 Å². The van der Waals surface area contributed by atoms with Crippen molar-refractivity contribution in [3.05, 3.63) is 0 Å². The molecule has 2 atom stereocenters. The number of carbonyl (C=O) groups is 1. The molecule has 0 bridgehead atoms. The van der Waals surface area contributed by atoms with E-state index in [9.17, 15) is 4.79 Å². The molecule has 3 nitrogen and oxygen atoms in total. The van der Waals surface area contributed by atoms with E-state index in [4.69, 9.17) is 10.5 Å². The Hall–Kier alpha value is -0.410. The molecular weight excluding hydrogens is 106 g/mol. The topological polar surface area (TPSA) is 55.6 Å². The van der Waals surface area contributed by atoms with E-state index in [-0.39, 0.29) is 17.9 Å². The lowest BCUT2D eigenvalue weighted by atomic mass is 10.2. The highest BCUT2D eigenvalue weighted by Gasteiger charge is 2.32. The predicted octanol–water partition coefficient (Wildman–Crippen LogP) is -0.699. The van der Waals surface area contributed by atoms with Gasteiger partial charge in [-0.2, -0.15) is 0 Å². The smallest absolute Gasteiger partial charge is 0.180 e. The first kappa shape index (κ1) is 5.72. The van der Waals surface area contributed by atoms with E-state index in [1.165, 1.54) is 0 Å². The third-order valence-electron chi connectivity index (χ3n) is 1.10. The Morgan fingerprint density at radius 1 is 2.00 bits per heavy atom. The number of rotatable bonds is 2. The van der Waals surface area contributed by atoms with Crippen molar-refractivity contribution in [2.24, 2.45) is 5.73 Å². The predicted molar refractivity (Wildman–Crippen MR) is 28.4 cm³/mol. The van der Waals surface area contributed by atoms with Crippen molar-refractivity contribution in [1.82, 2.24) is 0 Å². The Labute approximate surface area is 47.8 Å². The van der Waals surface area contributed by atoms with Gasteiger partial charge in [-0.1, -0.05) is 0 Å². The number of Topliss-reactive ketones (excluding diaryl/α,β-unsaturated/α-hetero) is 1. The number of nitrogens with two attached hydrogens (primary N) is 1. The van der Waals surface area contributed by atoms with Gasteiger partial charge in [0.25, 0.3) is 0 Å². The van der Waals surface area contributed by atoms with Crippen LogP contribution in [0.4, 0.5) is 0 Å². The van der Waals surface area contributed by atoms with Gasteiger partial charge in [0.15, 0.2) is 5.78 Å². The molecule has 0 amide bonds. The summed E-state index contributed by atoms with van der Waals surface area (Å²) in [5, 5.41) is 0. The van der Waals surface area contributed by atoms with Crippen LogP contribution in [0.25, 0.3) is 0 Å². The van der Waals surface area contributed by atoms with Gasteiger partial charge in [-0.3, -0.25) is 4.79 Å². The van der Waals surface area contributed by atoms with Crippen molar-refractivity contribution < 1.29 is 9.53 Å². The number of hydrogen-bond donors (Lipinski definition) is 1. The molecule has 1 fully saturated rings. The number of epoxide rings is 1. The molecule has 2 unspecified atom stereocenters. The minimum Gasteiger partial charge on any atom is -0.365 e. The molecule has 8 heavy (non-hydrogen) atoms. The summed E-state index contributed by atoms with van der Waals surface area (Å²) in [6.45, 7) is 2.24. The molecule has 1 aliphatic rings. The van der Waals surface area contributed by atoms with Gasteiger partial charge in [0, 0.05) is 0 Å². The summed E-state index contributed by atoms with van der Waals surface area (Å²) in [5.41, 5.74) is 5.25. The van der Waals surface area contributed by atoms with Gasteiger partial charge < -0.3 is 10.5 Å². The summed E-state index contributed by atoms with van der Waals surface area (Å²) in [6.07, 6.45) is -0.171. The van der Waals surface area contributed by atoms with Crippen molar-refractivity contribution in [2.45, 2.75) is 19.1 Å². The molecule has 0 aromatic carbocycles. The monoisotopic (exact) mass is 115 g/mol. The van der Waals surface area contributed by atoms with Gasteiger partial charge >= 0.3 is 0 Å². The highest BCUT2D eigenvalue weighted by atomic mass is 16.6. The number of ketones is 1. The molecule has 0 aliphatic carbocycles. The summed E-state index contributed by atoms with van der Waals surface area (Å²) in [5.74, 6) is 0.0185. The fourth-order valence-electron chi connectivity index (χ4n) is 0.506. The van der Waals surface area contributed by atoms with E-state index in [0.717, 1.165) is 0 Å². The molecule has 1 rings (SSSR count). The summed E-state index contributed by atoms with van der Waals surface area (Å²) in [7, 11) is 0. The first-order valence-electron chi connectivity index (χ1n) is 2.62. The normalized spacial score (nSPS) is 29.5. The molecule has 0 spiro atoms. The van der Waals surface area contributed by atoms with Crippen LogP contribution in [0.2, 0.25) is 0 Å². The SMILES string of the molecule is CC(N)C(=O)C1CO1. The second kappa shape index (κ2) is 1.84. The lowest BCUT2D eigenvalue weighted by Crippen LogP contribution is -2.30. The maximum absolute atomic E-state index is 10.7. The van der Waals surface area contributed by atoms with Crippen molar-refractivity contribution in [1.29, 1.82) is 0 Å². The Bertz CT molecular complexity index is 103. The summed E-state index contributed by atoms with van der Waals surface area (Å²) in [4.78, 5) is 10.7. The van der Waals surface area contributed by atoms with Crippen LogP contribution in [-0.4, -0.2) is 24.5 Å². The molecule has 0 aromatic rings. The third-order valence-corrected chi connectivity index (χ3v) is 1.10. The van der Waals surface area contributed by atoms with E-state index in [2.05, 4.69) is 0 Å². The van der Waals surface area contributed by atoms with Gasteiger partial charge in [-0.15, -0.1) is 0 Å². The van der Waals surface area contributed by atoms with Crippen LogP contribution < -0.4 is 5.73 Å².